The summed E-state index contributed by atoms with van der Waals surface area (Å²) < 4.78 is 2.50. The number of nitrogens with one attached hydrogen (secondary N) is 1. The first-order valence-electron chi connectivity index (χ1n) is 12.1. The van der Waals surface area contributed by atoms with E-state index in [1.165, 1.54) is 54.8 Å². The number of aromatic nitrogens is 2. The summed E-state index contributed by atoms with van der Waals surface area (Å²) in [6.45, 7) is 4.37. The molecule has 0 bridgehead atoms. The lowest BCUT2D eigenvalue weighted by molar-refractivity contribution is 1.05. The molecule has 0 saturated carbocycles. The fraction of sp³-hybridized carbons (Fsp3) is 0.194. The molecule has 168 valence electrons. The number of hydrogen-bond acceptors (Lipinski definition) is 2. The highest BCUT2D eigenvalue weighted by Gasteiger charge is 2.21. The normalized spacial score (nSPS) is 13.9. The van der Waals surface area contributed by atoms with E-state index < -0.39 is 0 Å². The molecule has 34 heavy (non-hydrogen) atoms. The molecule has 0 unspecified atom stereocenters. The Balaban J connectivity index is 1.56. The van der Waals surface area contributed by atoms with Crippen molar-refractivity contribution < 1.29 is 0 Å². The highest BCUT2D eigenvalue weighted by molar-refractivity contribution is 6.04. The molecule has 3 heteroatoms. The summed E-state index contributed by atoms with van der Waals surface area (Å²) in [5.41, 5.74) is 11.7. The van der Waals surface area contributed by atoms with Crippen molar-refractivity contribution in [2.75, 3.05) is 7.05 Å². The maximum absolute atomic E-state index is 4.59. The van der Waals surface area contributed by atoms with E-state index in [-0.39, 0.29) is 0 Å². The lowest BCUT2D eigenvalue weighted by Gasteiger charge is -2.08. The van der Waals surface area contributed by atoms with E-state index in [1.807, 2.05) is 25.5 Å². The van der Waals surface area contributed by atoms with Crippen molar-refractivity contribution in [2.45, 2.75) is 33.1 Å². The van der Waals surface area contributed by atoms with Crippen molar-refractivity contribution >= 4 is 33.4 Å². The van der Waals surface area contributed by atoms with Gasteiger partial charge in [0, 0.05) is 34.8 Å². The van der Waals surface area contributed by atoms with Crippen molar-refractivity contribution in [2.24, 2.45) is 0 Å². The van der Waals surface area contributed by atoms with Crippen LogP contribution in [0.25, 0.3) is 44.7 Å². The van der Waals surface area contributed by atoms with Crippen LogP contribution in [-0.4, -0.2) is 16.4 Å². The number of hydrogen-bond donors (Lipinski definition) is 1. The lowest BCUT2D eigenvalue weighted by atomic mass is 9.96. The van der Waals surface area contributed by atoms with Crippen molar-refractivity contribution in [1.82, 2.24) is 14.7 Å². The minimum atomic E-state index is 0.944. The van der Waals surface area contributed by atoms with Gasteiger partial charge in [0.05, 0.1) is 22.2 Å². The van der Waals surface area contributed by atoms with E-state index >= 15 is 0 Å². The SMILES string of the molecule is CN/C=C(C)\C=C/Cc1cc2c3c4c(c5ccc(-c6ccccn6)cc5n4c2cc1C)=CCC3. The minimum absolute atomic E-state index is 0.944. The molecule has 1 aliphatic rings. The molecule has 0 fully saturated rings. The topological polar surface area (TPSA) is 29.3 Å². The van der Waals surface area contributed by atoms with Crippen LogP contribution in [0.1, 0.15) is 30.0 Å². The molecule has 6 rings (SSSR count). The van der Waals surface area contributed by atoms with Gasteiger partial charge in [-0.1, -0.05) is 36.4 Å². The van der Waals surface area contributed by atoms with Gasteiger partial charge in [0.25, 0.3) is 0 Å². The van der Waals surface area contributed by atoms with Gasteiger partial charge in [0.2, 0.25) is 0 Å². The van der Waals surface area contributed by atoms with Gasteiger partial charge in [-0.3, -0.25) is 4.98 Å². The van der Waals surface area contributed by atoms with E-state index in [4.69, 9.17) is 0 Å². The average molecular weight is 444 g/mol. The van der Waals surface area contributed by atoms with Crippen molar-refractivity contribution in [3.8, 4) is 11.3 Å². The zero-order valence-electron chi connectivity index (χ0n) is 20.0. The molecule has 1 aliphatic carbocycles. The molecule has 0 radical (unpaired) electrons. The van der Waals surface area contributed by atoms with Gasteiger partial charge in [0.15, 0.2) is 0 Å². The molecule has 0 amide bonds. The van der Waals surface area contributed by atoms with Crippen molar-refractivity contribution in [3.05, 3.63) is 101 Å². The summed E-state index contributed by atoms with van der Waals surface area (Å²) in [4.78, 5) is 4.59. The summed E-state index contributed by atoms with van der Waals surface area (Å²) in [7, 11) is 1.94. The number of fused-ring (bicyclic) bond motifs is 6. The van der Waals surface area contributed by atoms with Crippen LogP contribution in [0.15, 0.2) is 78.7 Å². The number of aryl methyl sites for hydroxylation is 2. The zero-order chi connectivity index (χ0) is 23.2. The fourth-order valence-electron chi connectivity index (χ4n) is 5.53. The third-order valence-corrected chi connectivity index (χ3v) is 7.11. The second-order valence-corrected chi connectivity index (χ2v) is 9.35. The molecule has 3 aromatic heterocycles. The summed E-state index contributed by atoms with van der Waals surface area (Å²) in [6, 6.07) is 17.8. The number of allylic oxidation sites excluding steroid dienone is 3. The minimum Gasteiger partial charge on any atom is -0.394 e. The molecular weight excluding hydrogens is 414 g/mol. The Labute approximate surface area is 200 Å². The first kappa shape index (κ1) is 20.7. The summed E-state index contributed by atoms with van der Waals surface area (Å²) in [5.74, 6) is 0. The second-order valence-electron chi connectivity index (χ2n) is 9.35. The predicted molar refractivity (Wildman–Crippen MR) is 144 cm³/mol. The van der Waals surface area contributed by atoms with Crippen LogP contribution in [0.4, 0.5) is 0 Å². The van der Waals surface area contributed by atoms with Gasteiger partial charge in [-0.05, 0) is 91.9 Å². The standard InChI is InChI=1S/C31H29N3/c1-20(19-32-3)8-6-9-22-17-27-26-11-7-10-25-24-14-13-23(28-12-4-5-15-33-28)18-30(24)34(31(25)26)29(27)16-21(22)2/h4-6,8,10,12-19,32H,7,9,11H2,1-3H3/b8-6-,20-19-. The first-order chi connectivity index (χ1) is 16.7. The number of rotatable bonds is 5. The zero-order valence-corrected chi connectivity index (χ0v) is 20.0. The van der Waals surface area contributed by atoms with Crippen LogP contribution < -0.4 is 10.5 Å². The molecule has 3 heterocycles. The van der Waals surface area contributed by atoms with Gasteiger partial charge in [-0.15, -0.1) is 0 Å². The molecule has 0 aliphatic heterocycles. The van der Waals surface area contributed by atoms with Gasteiger partial charge >= 0.3 is 0 Å². The molecule has 1 N–H and O–H groups in total. The van der Waals surface area contributed by atoms with Gasteiger partial charge < -0.3 is 9.72 Å². The third-order valence-electron chi connectivity index (χ3n) is 7.11. The van der Waals surface area contributed by atoms with Crippen molar-refractivity contribution in [3.63, 3.8) is 0 Å². The quantitative estimate of drug-likeness (QED) is 0.324. The Hall–Kier alpha value is -3.85. The number of pyridine rings is 1. The van der Waals surface area contributed by atoms with Crippen LogP contribution in [0.3, 0.4) is 0 Å². The maximum atomic E-state index is 4.59. The monoisotopic (exact) mass is 443 g/mol. The van der Waals surface area contributed by atoms with Crippen LogP contribution in [-0.2, 0) is 12.8 Å². The number of nitrogens with zero attached hydrogens (tertiary/aromatic N) is 2. The van der Waals surface area contributed by atoms with E-state index in [2.05, 4.69) is 89.2 Å². The van der Waals surface area contributed by atoms with Gasteiger partial charge in [0.1, 0.15) is 0 Å². The van der Waals surface area contributed by atoms with E-state index in [1.54, 1.807) is 0 Å². The molecule has 0 spiro atoms. The largest absolute Gasteiger partial charge is 0.394 e. The molecule has 3 nitrogen and oxygen atoms in total. The Morgan fingerprint density at radius 3 is 2.79 bits per heavy atom. The smallest absolute Gasteiger partial charge is 0.0702 e. The van der Waals surface area contributed by atoms with E-state index in [9.17, 15) is 0 Å². The van der Waals surface area contributed by atoms with Crippen molar-refractivity contribution in [1.29, 1.82) is 0 Å². The number of benzene rings is 2. The van der Waals surface area contributed by atoms with Crippen LogP contribution in [0, 0.1) is 6.92 Å². The summed E-state index contributed by atoms with van der Waals surface area (Å²) in [5, 5.41) is 7.24. The molecule has 0 saturated heterocycles. The molecule has 0 atom stereocenters. The third kappa shape index (κ3) is 3.23. The fourth-order valence-corrected chi connectivity index (χ4v) is 5.53. The molecule has 5 aromatic rings. The Kier molecular flexibility index (Phi) is 4.99. The highest BCUT2D eigenvalue weighted by atomic mass is 14.9. The predicted octanol–water partition coefficient (Wildman–Crippen LogP) is 6.28. The lowest BCUT2D eigenvalue weighted by Crippen LogP contribution is -2.05. The second kappa shape index (κ2) is 8.18. The van der Waals surface area contributed by atoms with Gasteiger partial charge in [-0.2, -0.15) is 0 Å². The highest BCUT2D eigenvalue weighted by Crippen LogP contribution is 2.35. The Morgan fingerprint density at radius 1 is 1.09 bits per heavy atom. The maximum Gasteiger partial charge on any atom is 0.0702 e. The Bertz CT molecular complexity index is 1670. The van der Waals surface area contributed by atoms with Gasteiger partial charge in [-0.25, -0.2) is 0 Å². The Morgan fingerprint density at radius 2 is 1.97 bits per heavy atom. The van der Waals surface area contributed by atoms with E-state index in [0.717, 1.165) is 30.5 Å². The average Bonchev–Trinajstić information content (AvgIpc) is 3.36. The van der Waals surface area contributed by atoms with Crippen LogP contribution in [0.5, 0.6) is 0 Å². The summed E-state index contributed by atoms with van der Waals surface area (Å²) >= 11 is 0. The molecular formula is C31H29N3. The first-order valence-corrected chi connectivity index (χ1v) is 12.1. The van der Waals surface area contributed by atoms with Crippen LogP contribution in [0.2, 0.25) is 0 Å². The van der Waals surface area contributed by atoms with Crippen LogP contribution >= 0.6 is 0 Å². The summed E-state index contributed by atoms with van der Waals surface area (Å²) in [6.07, 6.45) is 13.9. The molecule has 2 aromatic carbocycles. The van der Waals surface area contributed by atoms with E-state index in [0.29, 0.717) is 0 Å².